The summed E-state index contributed by atoms with van der Waals surface area (Å²) < 4.78 is 59.2. The largest absolute Gasteiger partial charge is 1.00 e. The van der Waals surface area contributed by atoms with Crippen molar-refractivity contribution >= 4 is 7.81 Å². The van der Waals surface area contributed by atoms with Crippen LogP contribution in [-0.4, -0.2) is 91.5 Å². The zero-order chi connectivity index (χ0) is 39.7. The maximum atomic E-state index is 9.87. The molecule has 0 amide bonds. The van der Waals surface area contributed by atoms with E-state index in [9.17, 15) is 25.2 Å². The fourth-order valence-electron chi connectivity index (χ4n) is 2.90. The van der Waals surface area contributed by atoms with Crippen molar-refractivity contribution in [3.05, 3.63) is 59.7 Å². The zero-order valence-electron chi connectivity index (χ0n) is 28.4. The van der Waals surface area contributed by atoms with Gasteiger partial charge in [-0.15, -0.1) is 81.6 Å². The molecule has 0 bridgehead atoms. The molecule has 54 heavy (non-hydrogen) atoms. The Morgan fingerprint density at radius 1 is 0.407 bits per heavy atom. The van der Waals surface area contributed by atoms with Crippen LogP contribution in [0, 0.1) is 50.4 Å². The van der Waals surface area contributed by atoms with E-state index < -0.39 is 7.81 Å². The van der Waals surface area contributed by atoms with Gasteiger partial charge in [0.2, 0.25) is 23.3 Å². The molecule has 0 atom stereocenters. The number of hydrogen-bond donors (Lipinski definition) is 0. The molecule has 0 spiro atoms. The van der Waals surface area contributed by atoms with Crippen LogP contribution in [0.3, 0.4) is 0 Å². The molecule has 0 aliphatic carbocycles. The second kappa shape index (κ2) is 19.4. The molecule has 0 unspecified atom stereocenters. The van der Waals surface area contributed by atoms with Crippen molar-refractivity contribution < 1.29 is 42.3 Å². The monoisotopic (exact) mass is 824 g/mol. The number of nitrogens with zero attached hydrogens (tertiary/aromatic N) is 20. The first-order valence-corrected chi connectivity index (χ1v) is 16.0. The SMILES string of the molecule is CC#N.CC#N.Cc1nnc(-c2cccc(-c3nnc(C)nn3)n2)nn1.Cc1nnc(-c2cccc(-c3nnc(C)nn3)n2)nn1.F[P-](F)(F)(F)(F)F.[Cu+]. The molecule has 28 heteroatoms. The molecule has 0 aliphatic rings. The van der Waals surface area contributed by atoms with Crippen molar-refractivity contribution in [1.29, 1.82) is 10.5 Å². The topological polar surface area (TPSA) is 280 Å². The van der Waals surface area contributed by atoms with Gasteiger partial charge in [-0.1, -0.05) is 12.1 Å². The average molecular weight is 825 g/mol. The minimum Gasteiger partial charge on any atom is 1.00 e. The summed E-state index contributed by atoms with van der Waals surface area (Å²) in [4.78, 5) is 8.73. The van der Waals surface area contributed by atoms with Gasteiger partial charge >= 0.3 is 50.1 Å². The van der Waals surface area contributed by atoms with Gasteiger partial charge in [0.1, 0.15) is 22.8 Å². The standard InChI is InChI=1S/2C11H9N9.2C2H3N.Cu.F6P/c2*1-6-13-17-10(18-14-6)8-4-3-5-9(12-8)11-19-15-7(2)16-20-11;2*1-2-3;;1-7(2,3,4,5)6/h2*3-5H,1-2H3;2*1H3;;/q;;;;+1;-1. The number of nitriles is 2. The Kier molecular flexibility index (Phi) is 16.4. The summed E-state index contributed by atoms with van der Waals surface area (Å²) in [6.45, 7) is 9.71. The van der Waals surface area contributed by atoms with E-state index in [4.69, 9.17) is 10.5 Å². The Labute approximate surface area is 311 Å². The van der Waals surface area contributed by atoms with Crippen LogP contribution in [0.25, 0.3) is 46.1 Å². The summed E-state index contributed by atoms with van der Waals surface area (Å²) in [6, 6.07) is 14.1. The van der Waals surface area contributed by atoms with Crippen LogP contribution in [0.5, 0.6) is 0 Å². The van der Waals surface area contributed by atoms with Crippen molar-refractivity contribution in [2.75, 3.05) is 0 Å². The Bertz CT molecular complexity index is 1880. The summed E-state index contributed by atoms with van der Waals surface area (Å²) in [5.41, 5.74) is 2.14. The van der Waals surface area contributed by atoms with Crippen LogP contribution >= 0.6 is 7.81 Å². The van der Waals surface area contributed by atoms with Gasteiger partial charge in [-0.2, -0.15) is 10.5 Å². The van der Waals surface area contributed by atoms with Crippen LogP contribution in [0.1, 0.15) is 37.1 Å². The molecule has 0 fully saturated rings. The zero-order valence-corrected chi connectivity index (χ0v) is 30.3. The number of pyridine rings is 2. The number of halogens is 6. The summed E-state index contributed by atoms with van der Waals surface area (Å²) in [6.07, 6.45) is 0. The molecule has 6 aromatic heterocycles. The minimum absolute atomic E-state index is 0. The molecule has 0 saturated heterocycles. The van der Waals surface area contributed by atoms with Crippen LogP contribution in [0.15, 0.2) is 36.4 Å². The fourth-order valence-corrected chi connectivity index (χ4v) is 2.90. The van der Waals surface area contributed by atoms with E-state index >= 15 is 0 Å². The normalized spacial score (nSPS) is 11.1. The van der Waals surface area contributed by atoms with Gasteiger partial charge in [0.05, 0.1) is 12.1 Å². The molecular formula is C26H24CuF6N20P. The Balaban J connectivity index is 0.000000405. The van der Waals surface area contributed by atoms with Crippen molar-refractivity contribution in [1.82, 2.24) is 91.5 Å². The Morgan fingerprint density at radius 3 is 0.704 bits per heavy atom. The number of aryl methyl sites for hydroxylation is 4. The molecule has 0 aliphatic heterocycles. The molecule has 0 aromatic carbocycles. The van der Waals surface area contributed by atoms with Crippen molar-refractivity contribution in [2.24, 2.45) is 0 Å². The first-order valence-electron chi connectivity index (χ1n) is 14.0. The summed E-state index contributed by atoms with van der Waals surface area (Å²) >= 11 is 0. The maximum absolute atomic E-state index is 10.7. The third-order valence-electron chi connectivity index (χ3n) is 4.73. The average Bonchev–Trinajstić information content (AvgIpc) is 3.09. The summed E-state index contributed by atoms with van der Waals surface area (Å²) in [7, 11) is -10.7. The third-order valence-corrected chi connectivity index (χ3v) is 4.73. The maximum Gasteiger partial charge on any atom is 1.00 e. The molecule has 0 radical (unpaired) electrons. The van der Waals surface area contributed by atoms with Crippen molar-refractivity contribution in [3.8, 4) is 58.2 Å². The van der Waals surface area contributed by atoms with Gasteiger partial charge in [-0.3, -0.25) is 0 Å². The van der Waals surface area contributed by atoms with Crippen LogP contribution in [0.2, 0.25) is 0 Å². The molecule has 6 aromatic rings. The van der Waals surface area contributed by atoms with Crippen LogP contribution in [-0.2, 0) is 17.1 Å². The number of rotatable bonds is 4. The predicted molar refractivity (Wildman–Crippen MR) is 170 cm³/mol. The van der Waals surface area contributed by atoms with Crippen LogP contribution in [0.4, 0.5) is 25.2 Å². The van der Waals surface area contributed by atoms with E-state index in [2.05, 4.69) is 91.5 Å². The van der Waals surface area contributed by atoms with E-state index in [0.717, 1.165) is 0 Å². The van der Waals surface area contributed by atoms with Gasteiger partial charge in [0.25, 0.3) is 0 Å². The Hall–Kier alpha value is -6.43. The molecule has 286 valence electrons. The van der Waals surface area contributed by atoms with Crippen molar-refractivity contribution in [3.63, 3.8) is 0 Å². The summed E-state index contributed by atoms with van der Waals surface area (Å²) in [5.74, 6) is 3.35. The van der Waals surface area contributed by atoms with E-state index in [-0.39, 0.29) is 17.1 Å². The van der Waals surface area contributed by atoms with E-state index in [1.54, 1.807) is 76.2 Å². The van der Waals surface area contributed by atoms with Gasteiger partial charge in [0.15, 0.2) is 23.3 Å². The molecule has 6 rings (SSSR count). The number of hydrogen-bond acceptors (Lipinski definition) is 20. The number of aromatic nitrogens is 18. The second-order valence-electron chi connectivity index (χ2n) is 9.30. The van der Waals surface area contributed by atoms with Crippen molar-refractivity contribution in [2.45, 2.75) is 41.5 Å². The minimum atomic E-state index is -10.7. The molecule has 20 nitrogen and oxygen atoms in total. The third kappa shape index (κ3) is 18.7. The Morgan fingerprint density at radius 2 is 0.556 bits per heavy atom. The first-order chi connectivity index (χ1) is 24.7. The molecule has 6 heterocycles. The molecule has 0 N–H and O–H groups in total. The smallest absolute Gasteiger partial charge is 1.00 e. The van der Waals surface area contributed by atoms with E-state index in [1.807, 2.05) is 0 Å². The summed E-state index contributed by atoms with van der Waals surface area (Å²) in [5, 5.41) is 77.0. The second-order valence-corrected chi connectivity index (χ2v) is 11.2. The van der Waals surface area contributed by atoms with Gasteiger partial charge in [-0.25, -0.2) is 9.97 Å². The van der Waals surface area contributed by atoms with E-state index in [1.165, 1.54) is 13.8 Å². The quantitative estimate of drug-likeness (QED) is 0.131. The first kappa shape index (κ1) is 45.6. The predicted octanol–water partition coefficient (Wildman–Crippen LogP) is 4.82. The molecule has 0 saturated carbocycles. The van der Waals surface area contributed by atoms with E-state index in [0.29, 0.717) is 69.4 Å². The van der Waals surface area contributed by atoms with Gasteiger partial charge in [0, 0.05) is 13.8 Å². The van der Waals surface area contributed by atoms with Crippen LogP contribution < -0.4 is 0 Å². The van der Waals surface area contributed by atoms with Gasteiger partial charge < -0.3 is 0 Å². The molecular weight excluding hydrogens is 801 g/mol. The fraction of sp³-hybridized carbons (Fsp3) is 0.231. The van der Waals surface area contributed by atoms with Gasteiger partial charge in [-0.05, 0) is 52.0 Å².